The Kier molecular flexibility index (Phi) is 2.56. The van der Waals surface area contributed by atoms with Gasteiger partial charge in [-0.3, -0.25) is 0 Å². The van der Waals surface area contributed by atoms with E-state index in [0.29, 0.717) is 18.3 Å². The molecule has 0 saturated heterocycles. The Labute approximate surface area is 103 Å². The van der Waals surface area contributed by atoms with Crippen LogP contribution < -0.4 is 5.73 Å². The second kappa shape index (κ2) is 4.36. The van der Waals surface area contributed by atoms with E-state index in [9.17, 15) is 0 Å². The number of aliphatic imine (C=N–C) groups is 2. The lowest BCUT2D eigenvalue weighted by Gasteiger charge is -2.15. The van der Waals surface area contributed by atoms with E-state index in [2.05, 4.69) is 25.4 Å². The highest BCUT2D eigenvalue weighted by molar-refractivity contribution is 6.17. The number of fused-ring (bicyclic) bond motifs is 1. The number of guanidine groups is 1. The summed E-state index contributed by atoms with van der Waals surface area (Å²) in [6, 6.07) is 9.31. The molecule has 2 heterocycles. The van der Waals surface area contributed by atoms with E-state index in [4.69, 9.17) is 10.5 Å². The summed E-state index contributed by atoms with van der Waals surface area (Å²) in [5.74, 6) is 0.914. The number of rotatable bonds is 2. The normalized spacial score (nSPS) is 20.9. The summed E-state index contributed by atoms with van der Waals surface area (Å²) in [4.78, 5) is 7.97. The van der Waals surface area contributed by atoms with Crippen molar-refractivity contribution in [3.63, 3.8) is 0 Å². The van der Waals surface area contributed by atoms with Gasteiger partial charge in [0.15, 0.2) is 5.84 Å². The third kappa shape index (κ3) is 1.97. The standard InChI is InChI=1S/C11H10N6O/c12-11-13-9-8(15-17-16-9)10(14-11)18-6-7-4-2-1-3-5-7/h1-5,8H,6H2,(H2,12,13,15,16). The quantitative estimate of drug-likeness (QED) is 0.839. The molecule has 1 aromatic rings. The summed E-state index contributed by atoms with van der Waals surface area (Å²) in [7, 11) is 0. The summed E-state index contributed by atoms with van der Waals surface area (Å²) < 4.78 is 5.61. The third-order valence-corrected chi connectivity index (χ3v) is 2.48. The zero-order valence-corrected chi connectivity index (χ0v) is 9.39. The highest BCUT2D eigenvalue weighted by Crippen LogP contribution is 2.15. The van der Waals surface area contributed by atoms with Crippen LogP contribution in [-0.2, 0) is 11.3 Å². The van der Waals surface area contributed by atoms with Gasteiger partial charge in [0, 0.05) is 0 Å². The van der Waals surface area contributed by atoms with Crippen LogP contribution in [0, 0.1) is 0 Å². The fourth-order valence-electron chi connectivity index (χ4n) is 1.63. The monoisotopic (exact) mass is 242 g/mol. The van der Waals surface area contributed by atoms with Crippen LogP contribution in [0.3, 0.4) is 0 Å². The van der Waals surface area contributed by atoms with Crippen LogP contribution in [-0.4, -0.2) is 23.7 Å². The first-order valence-corrected chi connectivity index (χ1v) is 5.40. The van der Waals surface area contributed by atoms with Gasteiger partial charge in [-0.05, 0) is 10.8 Å². The molecule has 7 heteroatoms. The second-order valence-electron chi connectivity index (χ2n) is 3.76. The molecule has 0 saturated carbocycles. The van der Waals surface area contributed by atoms with Crippen molar-refractivity contribution in [1.82, 2.24) is 0 Å². The molecule has 0 amide bonds. The predicted octanol–water partition coefficient (Wildman–Crippen LogP) is 1.08. The van der Waals surface area contributed by atoms with Crippen LogP contribution in [0.25, 0.3) is 0 Å². The molecule has 1 unspecified atom stereocenters. The lowest BCUT2D eigenvalue weighted by Crippen LogP contribution is -2.34. The van der Waals surface area contributed by atoms with Crippen LogP contribution in [0.5, 0.6) is 0 Å². The second-order valence-corrected chi connectivity index (χ2v) is 3.76. The molecule has 18 heavy (non-hydrogen) atoms. The molecule has 0 spiro atoms. The van der Waals surface area contributed by atoms with E-state index in [1.165, 1.54) is 0 Å². The molecule has 2 N–H and O–H groups in total. The maximum Gasteiger partial charge on any atom is 0.227 e. The molecule has 0 aliphatic carbocycles. The molecule has 0 radical (unpaired) electrons. The lowest BCUT2D eigenvalue weighted by atomic mass is 10.2. The van der Waals surface area contributed by atoms with Crippen LogP contribution in [0.1, 0.15) is 5.56 Å². The number of benzene rings is 1. The average Bonchev–Trinajstić information content (AvgIpc) is 2.85. The summed E-state index contributed by atoms with van der Waals surface area (Å²) >= 11 is 0. The molecule has 2 aliphatic rings. The number of nitrogens with zero attached hydrogens (tertiary/aromatic N) is 5. The lowest BCUT2D eigenvalue weighted by molar-refractivity contribution is 0.283. The molecule has 2 aliphatic heterocycles. The van der Waals surface area contributed by atoms with Crippen molar-refractivity contribution in [3.05, 3.63) is 35.9 Å². The molecule has 7 nitrogen and oxygen atoms in total. The summed E-state index contributed by atoms with van der Waals surface area (Å²) in [6.07, 6.45) is 0. The van der Waals surface area contributed by atoms with Crippen molar-refractivity contribution in [1.29, 1.82) is 0 Å². The number of hydrogen-bond acceptors (Lipinski definition) is 7. The van der Waals surface area contributed by atoms with Gasteiger partial charge in [0.05, 0.1) is 0 Å². The van der Waals surface area contributed by atoms with E-state index >= 15 is 0 Å². The first-order chi connectivity index (χ1) is 8.83. The van der Waals surface area contributed by atoms with Gasteiger partial charge < -0.3 is 10.5 Å². The fourth-order valence-corrected chi connectivity index (χ4v) is 1.63. The SMILES string of the molecule is NC1=NC2=NN=NC2C(OCc2ccccc2)=N1. The highest BCUT2D eigenvalue weighted by atomic mass is 16.5. The van der Waals surface area contributed by atoms with E-state index in [1.807, 2.05) is 30.3 Å². The third-order valence-electron chi connectivity index (χ3n) is 2.48. The van der Waals surface area contributed by atoms with Crippen LogP contribution in [0.2, 0.25) is 0 Å². The Morgan fingerprint density at radius 3 is 2.83 bits per heavy atom. The summed E-state index contributed by atoms with van der Waals surface area (Å²) in [5.41, 5.74) is 6.61. The van der Waals surface area contributed by atoms with Crippen LogP contribution >= 0.6 is 0 Å². The number of amidine groups is 1. The first-order valence-electron chi connectivity index (χ1n) is 5.40. The zero-order valence-electron chi connectivity index (χ0n) is 9.39. The molecule has 90 valence electrons. The van der Waals surface area contributed by atoms with Gasteiger partial charge in [-0.25, -0.2) is 0 Å². The average molecular weight is 242 g/mol. The fraction of sp³-hybridized carbons (Fsp3) is 0.182. The van der Waals surface area contributed by atoms with E-state index in [0.717, 1.165) is 5.56 Å². The number of nitrogens with two attached hydrogens (primary N) is 1. The molecule has 1 atom stereocenters. The van der Waals surface area contributed by atoms with E-state index in [-0.39, 0.29) is 5.96 Å². The molecule has 1 aromatic carbocycles. The topological polar surface area (TPSA) is 97.0 Å². The molecule has 3 rings (SSSR count). The molecule has 0 aromatic heterocycles. The van der Waals surface area contributed by atoms with Crippen molar-refractivity contribution >= 4 is 17.7 Å². The minimum Gasteiger partial charge on any atom is -0.474 e. The smallest absolute Gasteiger partial charge is 0.227 e. The van der Waals surface area contributed by atoms with Crippen molar-refractivity contribution in [2.75, 3.05) is 0 Å². The van der Waals surface area contributed by atoms with Gasteiger partial charge in [0.25, 0.3) is 0 Å². The maximum atomic E-state index is 5.61. The van der Waals surface area contributed by atoms with E-state index in [1.54, 1.807) is 0 Å². The van der Waals surface area contributed by atoms with Crippen molar-refractivity contribution < 1.29 is 4.74 Å². The van der Waals surface area contributed by atoms with Gasteiger partial charge in [0.1, 0.15) is 6.61 Å². The van der Waals surface area contributed by atoms with Gasteiger partial charge in [0.2, 0.25) is 17.9 Å². The van der Waals surface area contributed by atoms with Crippen LogP contribution in [0.4, 0.5) is 0 Å². The maximum absolute atomic E-state index is 5.61. The molecular formula is C11H10N6O. The van der Waals surface area contributed by atoms with Gasteiger partial charge in [-0.15, -0.1) is 10.2 Å². The minimum atomic E-state index is -0.457. The number of ether oxygens (including phenoxy) is 1. The number of hydrogen-bond donors (Lipinski definition) is 1. The van der Waals surface area contributed by atoms with Gasteiger partial charge in [-0.2, -0.15) is 9.98 Å². The highest BCUT2D eigenvalue weighted by Gasteiger charge is 2.31. The molecular weight excluding hydrogens is 232 g/mol. The Morgan fingerprint density at radius 1 is 1.17 bits per heavy atom. The summed E-state index contributed by atoms with van der Waals surface area (Å²) in [5, 5.41) is 11.2. The molecule has 0 fully saturated rings. The Morgan fingerprint density at radius 2 is 2.00 bits per heavy atom. The Bertz CT molecular complexity index is 574. The van der Waals surface area contributed by atoms with E-state index < -0.39 is 6.04 Å². The van der Waals surface area contributed by atoms with Crippen molar-refractivity contribution in [2.24, 2.45) is 31.2 Å². The summed E-state index contributed by atoms with van der Waals surface area (Å²) in [6.45, 7) is 0.395. The first kappa shape index (κ1) is 10.6. The largest absolute Gasteiger partial charge is 0.474 e. The molecule has 0 bridgehead atoms. The minimum absolute atomic E-state index is 0.111. The van der Waals surface area contributed by atoms with Gasteiger partial charge >= 0.3 is 0 Å². The van der Waals surface area contributed by atoms with Crippen molar-refractivity contribution in [2.45, 2.75) is 12.6 Å². The Hall–Kier alpha value is -2.57. The predicted molar refractivity (Wildman–Crippen MR) is 66.4 cm³/mol. The van der Waals surface area contributed by atoms with Gasteiger partial charge in [-0.1, -0.05) is 30.3 Å². The Balaban J connectivity index is 1.75. The van der Waals surface area contributed by atoms with Crippen LogP contribution in [0.15, 0.2) is 55.8 Å². The van der Waals surface area contributed by atoms with Crippen molar-refractivity contribution in [3.8, 4) is 0 Å². The zero-order chi connectivity index (χ0) is 12.4.